The van der Waals surface area contributed by atoms with Gasteiger partial charge in [0.25, 0.3) is 5.91 Å². The van der Waals surface area contributed by atoms with Crippen LogP contribution in [0.3, 0.4) is 0 Å². The summed E-state index contributed by atoms with van der Waals surface area (Å²) in [5, 5.41) is 2.60. The molecule has 2 saturated heterocycles. The average molecular weight is 260 g/mol. The molecule has 1 N–H and O–H groups in total. The van der Waals surface area contributed by atoms with Gasteiger partial charge in [-0.15, -0.1) is 0 Å². The Morgan fingerprint density at radius 3 is 2.41 bits per heavy atom. The number of rotatable bonds is 2. The molecular formula is C10H16N2O4S. The Morgan fingerprint density at radius 1 is 1.35 bits per heavy atom. The number of nitrogens with zero attached hydrogens (tertiary/aromatic N) is 1. The van der Waals surface area contributed by atoms with E-state index in [9.17, 15) is 18.0 Å². The molecule has 0 aliphatic carbocycles. The van der Waals surface area contributed by atoms with Gasteiger partial charge in [0.1, 0.15) is 6.04 Å². The number of nitrogens with one attached hydrogen (secondary N) is 1. The molecular weight excluding hydrogens is 244 g/mol. The maximum Gasteiger partial charge on any atom is 0.325 e. The second-order valence-corrected chi connectivity index (χ2v) is 7.16. The van der Waals surface area contributed by atoms with Gasteiger partial charge in [-0.3, -0.25) is 9.69 Å². The third-order valence-electron chi connectivity index (χ3n) is 3.24. The van der Waals surface area contributed by atoms with Gasteiger partial charge in [0.05, 0.1) is 17.5 Å². The van der Waals surface area contributed by atoms with E-state index in [2.05, 4.69) is 5.32 Å². The van der Waals surface area contributed by atoms with E-state index in [1.165, 1.54) is 0 Å². The van der Waals surface area contributed by atoms with Crippen LogP contribution in [0.5, 0.6) is 0 Å². The van der Waals surface area contributed by atoms with E-state index in [1.807, 2.05) is 13.8 Å². The summed E-state index contributed by atoms with van der Waals surface area (Å²) in [6, 6.07) is -1.47. The molecule has 2 atom stereocenters. The minimum absolute atomic E-state index is 0.00876. The number of imide groups is 1. The maximum atomic E-state index is 12.0. The van der Waals surface area contributed by atoms with E-state index in [0.717, 1.165) is 4.90 Å². The maximum absolute atomic E-state index is 12.0. The lowest BCUT2D eigenvalue weighted by Crippen LogP contribution is -2.42. The van der Waals surface area contributed by atoms with Crippen molar-refractivity contribution in [2.24, 2.45) is 5.92 Å². The second kappa shape index (κ2) is 3.97. The molecule has 0 spiro atoms. The van der Waals surface area contributed by atoms with E-state index in [-0.39, 0.29) is 23.3 Å². The zero-order valence-electron chi connectivity index (χ0n) is 9.84. The topological polar surface area (TPSA) is 83.6 Å². The number of hydrogen-bond acceptors (Lipinski definition) is 4. The molecule has 2 rings (SSSR count). The molecule has 0 bridgehead atoms. The van der Waals surface area contributed by atoms with Crippen molar-refractivity contribution in [3.8, 4) is 0 Å². The van der Waals surface area contributed by atoms with Gasteiger partial charge in [-0.1, -0.05) is 13.8 Å². The fourth-order valence-electron chi connectivity index (χ4n) is 2.29. The van der Waals surface area contributed by atoms with Crippen LogP contribution in [0.25, 0.3) is 0 Å². The number of hydrogen-bond donors (Lipinski definition) is 1. The minimum atomic E-state index is -3.09. The first-order valence-corrected chi connectivity index (χ1v) is 7.48. The summed E-state index contributed by atoms with van der Waals surface area (Å²) >= 11 is 0. The van der Waals surface area contributed by atoms with Crippen LogP contribution in [0.15, 0.2) is 0 Å². The molecule has 6 nitrogen and oxygen atoms in total. The van der Waals surface area contributed by atoms with Crippen LogP contribution >= 0.6 is 0 Å². The Hall–Kier alpha value is -1.11. The Bertz CT molecular complexity index is 457. The molecule has 0 aromatic rings. The molecule has 0 aromatic heterocycles. The number of carbonyl (C=O) groups is 2. The lowest BCUT2D eigenvalue weighted by atomic mass is 10.0. The van der Waals surface area contributed by atoms with Gasteiger partial charge in [-0.25, -0.2) is 13.2 Å². The summed E-state index contributed by atoms with van der Waals surface area (Å²) in [7, 11) is -3.09. The van der Waals surface area contributed by atoms with Gasteiger partial charge in [0, 0.05) is 0 Å². The number of urea groups is 1. The summed E-state index contributed by atoms with van der Waals surface area (Å²) in [5.74, 6) is -0.334. The van der Waals surface area contributed by atoms with Crippen LogP contribution < -0.4 is 5.32 Å². The van der Waals surface area contributed by atoms with Gasteiger partial charge >= 0.3 is 6.03 Å². The van der Waals surface area contributed by atoms with E-state index >= 15 is 0 Å². The molecule has 2 fully saturated rings. The first-order valence-electron chi connectivity index (χ1n) is 5.66. The smallest absolute Gasteiger partial charge is 0.325 e. The largest absolute Gasteiger partial charge is 0.326 e. The van der Waals surface area contributed by atoms with Crippen molar-refractivity contribution < 1.29 is 18.0 Å². The standard InChI is InChI=1S/C10H16N2O4S/c1-6(2)8-9(13)12(10(14)11-8)7-3-4-17(15,16)5-7/h6-8H,3-5H2,1-2H3,(H,11,14)/t7-,8+/m0/s1. The van der Waals surface area contributed by atoms with Crippen molar-refractivity contribution in [1.29, 1.82) is 0 Å². The predicted molar refractivity (Wildman–Crippen MR) is 61.1 cm³/mol. The molecule has 2 heterocycles. The third-order valence-corrected chi connectivity index (χ3v) is 4.99. The van der Waals surface area contributed by atoms with Crippen LogP contribution in [-0.2, 0) is 14.6 Å². The predicted octanol–water partition coefficient (Wildman–Crippen LogP) is -0.250. The highest BCUT2D eigenvalue weighted by atomic mass is 32.2. The lowest BCUT2D eigenvalue weighted by molar-refractivity contribution is -0.129. The quantitative estimate of drug-likeness (QED) is 0.694. The second-order valence-electron chi connectivity index (χ2n) is 4.94. The number of carbonyl (C=O) groups excluding carboxylic acids is 2. The fourth-order valence-corrected chi connectivity index (χ4v) is 3.99. The van der Waals surface area contributed by atoms with Crippen LogP contribution in [-0.4, -0.2) is 48.8 Å². The van der Waals surface area contributed by atoms with Crippen LogP contribution in [0.1, 0.15) is 20.3 Å². The van der Waals surface area contributed by atoms with E-state index in [4.69, 9.17) is 0 Å². The van der Waals surface area contributed by atoms with E-state index in [0.29, 0.717) is 6.42 Å². The summed E-state index contributed by atoms with van der Waals surface area (Å²) in [6.45, 7) is 3.69. The SMILES string of the molecule is CC(C)[C@H]1NC(=O)N([C@H]2CCS(=O)(=O)C2)C1=O. The van der Waals surface area contributed by atoms with Gasteiger partial charge < -0.3 is 5.32 Å². The number of sulfone groups is 1. The van der Waals surface area contributed by atoms with Crippen molar-refractivity contribution in [2.75, 3.05) is 11.5 Å². The molecule has 0 unspecified atom stereocenters. The van der Waals surface area contributed by atoms with Crippen molar-refractivity contribution >= 4 is 21.8 Å². The summed E-state index contributed by atoms with van der Waals surface area (Å²) < 4.78 is 22.7. The summed E-state index contributed by atoms with van der Waals surface area (Å²) in [4.78, 5) is 24.8. The molecule has 2 aliphatic rings. The monoisotopic (exact) mass is 260 g/mol. The van der Waals surface area contributed by atoms with Crippen molar-refractivity contribution in [3.63, 3.8) is 0 Å². The molecule has 0 saturated carbocycles. The molecule has 2 aliphatic heterocycles. The van der Waals surface area contributed by atoms with E-state index in [1.54, 1.807) is 0 Å². The Labute approximate surface area is 100 Å². The highest BCUT2D eigenvalue weighted by Gasteiger charge is 2.46. The molecule has 96 valence electrons. The Kier molecular flexibility index (Phi) is 2.89. The summed E-state index contributed by atoms with van der Waals surface area (Å²) in [5.41, 5.74) is 0. The van der Waals surface area contributed by atoms with Crippen molar-refractivity contribution in [1.82, 2.24) is 10.2 Å². The molecule has 3 amide bonds. The molecule has 17 heavy (non-hydrogen) atoms. The normalized spacial score (nSPS) is 32.3. The van der Waals surface area contributed by atoms with Crippen LogP contribution in [0.4, 0.5) is 4.79 Å². The molecule has 0 radical (unpaired) electrons. The fraction of sp³-hybridized carbons (Fsp3) is 0.800. The average Bonchev–Trinajstić information content (AvgIpc) is 2.67. The Morgan fingerprint density at radius 2 is 2.00 bits per heavy atom. The number of amides is 3. The van der Waals surface area contributed by atoms with Crippen molar-refractivity contribution in [3.05, 3.63) is 0 Å². The first kappa shape index (κ1) is 12.3. The zero-order chi connectivity index (χ0) is 12.8. The van der Waals surface area contributed by atoms with Gasteiger partial charge in [0.15, 0.2) is 9.84 Å². The summed E-state index contributed by atoms with van der Waals surface area (Å²) in [6.07, 6.45) is 0.353. The van der Waals surface area contributed by atoms with E-state index < -0.39 is 28.0 Å². The third kappa shape index (κ3) is 2.15. The molecule has 7 heteroatoms. The minimum Gasteiger partial charge on any atom is -0.326 e. The van der Waals surface area contributed by atoms with Crippen LogP contribution in [0.2, 0.25) is 0 Å². The van der Waals surface area contributed by atoms with Gasteiger partial charge in [-0.2, -0.15) is 0 Å². The van der Waals surface area contributed by atoms with Gasteiger partial charge in [-0.05, 0) is 12.3 Å². The van der Waals surface area contributed by atoms with Crippen molar-refractivity contribution in [2.45, 2.75) is 32.4 Å². The molecule has 0 aromatic carbocycles. The lowest BCUT2D eigenvalue weighted by Gasteiger charge is -2.19. The highest BCUT2D eigenvalue weighted by Crippen LogP contribution is 2.23. The Balaban J connectivity index is 2.18. The zero-order valence-corrected chi connectivity index (χ0v) is 10.7. The van der Waals surface area contributed by atoms with Crippen LogP contribution in [0, 0.1) is 5.92 Å². The first-order chi connectivity index (χ1) is 7.82. The van der Waals surface area contributed by atoms with Gasteiger partial charge in [0.2, 0.25) is 0 Å². The highest BCUT2D eigenvalue weighted by molar-refractivity contribution is 7.91.